The molecule has 0 aromatic heterocycles. The predicted molar refractivity (Wildman–Crippen MR) is 67.6 cm³/mol. The Labute approximate surface area is 105 Å². The molecule has 1 aromatic rings. The monoisotopic (exact) mass is 254 g/mol. The topological polar surface area (TPSA) is 50.4 Å². The van der Waals surface area contributed by atoms with Crippen LogP contribution in [0, 0.1) is 0 Å². The smallest absolute Gasteiger partial charge is 0.262 e. The van der Waals surface area contributed by atoms with Gasteiger partial charge < -0.3 is 15.4 Å². The van der Waals surface area contributed by atoms with Crippen molar-refractivity contribution in [3.63, 3.8) is 0 Å². The summed E-state index contributed by atoms with van der Waals surface area (Å²) in [6, 6.07) is 5.80. The van der Waals surface area contributed by atoms with E-state index in [4.69, 9.17) is 16.3 Å². The molecule has 0 unspecified atom stereocenters. The molecule has 2 N–H and O–H groups in total. The Hall–Kier alpha value is -1.26. The first-order valence-corrected chi connectivity index (χ1v) is 6.15. The number of halogens is 1. The zero-order valence-corrected chi connectivity index (χ0v) is 10.2. The molecule has 0 atom stereocenters. The highest BCUT2D eigenvalue weighted by atomic mass is 35.5. The Kier molecular flexibility index (Phi) is 4.23. The number of carbonyl (C=O) groups is 1. The Morgan fingerprint density at radius 3 is 3.18 bits per heavy atom. The van der Waals surface area contributed by atoms with E-state index in [1.165, 1.54) is 0 Å². The number of fused-ring (bicyclic) bond motifs is 1. The number of anilines is 1. The molecule has 17 heavy (non-hydrogen) atoms. The van der Waals surface area contributed by atoms with E-state index in [-0.39, 0.29) is 12.5 Å². The van der Waals surface area contributed by atoms with Gasteiger partial charge in [0.2, 0.25) is 0 Å². The van der Waals surface area contributed by atoms with Crippen LogP contribution < -0.4 is 15.4 Å². The van der Waals surface area contributed by atoms with E-state index < -0.39 is 0 Å². The second kappa shape index (κ2) is 5.89. The summed E-state index contributed by atoms with van der Waals surface area (Å²) in [5.74, 6) is 1.29. The van der Waals surface area contributed by atoms with E-state index in [0.29, 0.717) is 5.88 Å². The van der Waals surface area contributed by atoms with E-state index in [1.807, 2.05) is 18.2 Å². The Bertz CT molecular complexity index is 409. The molecule has 1 aliphatic heterocycles. The van der Waals surface area contributed by atoms with Crippen LogP contribution in [-0.4, -0.2) is 24.9 Å². The van der Waals surface area contributed by atoms with Gasteiger partial charge in [0.1, 0.15) is 5.75 Å². The number of rotatable bonds is 5. The van der Waals surface area contributed by atoms with E-state index in [0.717, 1.165) is 36.5 Å². The lowest BCUT2D eigenvalue weighted by Crippen LogP contribution is -2.25. The molecule has 0 fully saturated rings. The molecule has 2 rings (SSSR count). The first-order valence-electron chi connectivity index (χ1n) is 5.62. The van der Waals surface area contributed by atoms with Gasteiger partial charge in [-0.1, -0.05) is 6.07 Å². The molecule has 0 radical (unpaired) electrons. The van der Waals surface area contributed by atoms with Gasteiger partial charge in [-0.25, -0.2) is 0 Å². The van der Waals surface area contributed by atoms with Gasteiger partial charge in [-0.05, 0) is 30.7 Å². The third-order valence-electron chi connectivity index (χ3n) is 2.49. The largest absolute Gasteiger partial charge is 0.482 e. The van der Waals surface area contributed by atoms with Crippen LogP contribution in [0.5, 0.6) is 5.75 Å². The van der Waals surface area contributed by atoms with Crippen LogP contribution in [0.25, 0.3) is 0 Å². The number of alkyl halides is 1. The maximum absolute atomic E-state index is 11.2. The van der Waals surface area contributed by atoms with Crippen molar-refractivity contribution in [1.82, 2.24) is 5.32 Å². The number of amides is 1. The van der Waals surface area contributed by atoms with E-state index in [2.05, 4.69) is 10.6 Å². The molecule has 0 aliphatic carbocycles. The molecule has 0 bridgehead atoms. The lowest BCUT2D eigenvalue weighted by molar-refractivity contribution is -0.118. The summed E-state index contributed by atoms with van der Waals surface area (Å²) >= 11 is 5.59. The number of hydrogen-bond acceptors (Lipinski definition) is 3. The Balaban J connectivity index is 1.95. The van der Waals surface area contributed by atoms with Crippen molar-refractivity contribution in [3.05, 3.63) is 23.8 Å². The molecule has 1 heterocycles. The lowest BCUT2D eigenvalue weighted by atomic mass is 10.1. The second-order valence-corrected chi connectivity index (χ2v) is 4.26. The first kappa shape index (κ1) is 12.2. The molecule has 0 saturated heterocycles. The molecule has 0 saturated carbocycles. The minimum Gasteiger partial charge on any atom is -0.482 e. The maximum Gasteiger partial charge on any atom is 0.262 e. The van der Waals surface area contributed by atoms with E-state index in [1.54, 1.807) is 0 Å². The van der Waals surface area contributed by atoms with Crippen LogP contribution in [0.3, 0.4) is 0 Å². The number of hydrogen-bond donors (Lipinski definition) is 2. The molecule has 5 heteroatoms. The normalized spacial score (nSPS) is 13.8. The summed E-state index contributed by atoms with van der Waals surface area (Å²) in [5.41, 5.74) is 1.86. The van der Waals surface area contributed by atoms with Crippen molar-refractivity contribution in [2.45, 2.75) is 13.0 Å². The van der Waals surface area contributed by atoms with Gasteiger partial charge in [-0.3, -0.25) is 4.79 Å². The third kappa shape index (κ3) is 3.35. The van der Waals surface area contributed by atoms with Gasteiger partial charge in [0.05, 0.1) is 5.69 Å². The van der Waals surface area contributed by atoms with Gasteiger partial charge in [-0.15, -0.1) is 11.6 Å². The summed E-state index contributed by atoms with van der Waals surface area (Å²) in [5, 5.41) is 6.07. The van der Waals surface area contributed by atoms with Crippen molar-refractivity contribution in [2.24, 2.45) is 0 Å². The Morgan fingerprint density at radius 2 is 2.35 bits per heavy atom. The summed E-state index contributed by atoms with van der Waals surface area (Å²) < 4.78 is 5.28. The van der Waals surface area contributed by atoms with Crippen molar-refractivity contribution in [3.8, 4) is 5.75 Å². The number of nitrogens with one attached hydrogen (secondary N) is 2. The van der Waals surface area contributed by atoms with Crippen LogP contribution in [-0.2, 0) is 11.3 Å². The summed E-state index contributed by atoms with van der Waals surface area (Å²) in [6.07, 6.45) is 0.951. The van der Waals surface area contributed by atoms with Crippen molar-refractivity contribution >= 4 is 23.2 Å². The lowest BCUT2D eigenvalue weighted by Gasteiger charge is -2.18. The Morgan fingerprint density at radius 1 is 1.47 bits per heavy atom. The zero-order valence-electron chi connectivity index (χ0n) is 9.46. The maximum atomic E-state index is 11.2. The molecule has 4 nitrogen and oxygen atoms in total. The average Bonchev–Trinajstić information content (AvgIpc) is 2.34. The summed E-state index contributed by atoms with van der Waals surface area (Å²) in [4.78, 5) is 11.2. The SMILES string of the molecule is O=C1COc2ccc(CNCCCCl)cc2N1. The van der Waals surface area contributed by atoms with Crippen molar-refractivity contribution < 1.29 is 9.53 Å². The van der Waals surface area contributed by atoms with Crippen LogP contribution in [0.15, 0.2) is 18.2 Å². The quantitative estimate of drug-likeness (QED) is 0.622. The second-order valence-electron chi connectivity index (χ2n) is 3.89. The molecule has 92 valence electrons. The molecular weight excluding hydrogens is 240 g/mol. The highest BCUT2D eigenvalue weighted by molar-refractivity contribution is 6.17. The van der Waals surface area contributed by atoms with Gasteiger partial charge in [-0.2, -0.15) is 0 Å². The minimum atomic E-state index is -0.107. The highest BCUT2D eigenvalue weighted by Gasteiger charge is 2.15. The number of carbonyl (C=O) groups excluding carboxylic acids is 1. The molecule has 1 aliphatic rings. The standard InChI is InChI=1S/C12H15ClN2O2/c13-4-1-5-14-7-9-2-3-11-10(6-9)15-12(16)8-17-11/h2-3,6,14H,1,4-5,7-8H2,(H,15,16). The van der Waals surface area contributed by atoms with Crippen LogP contribution in [0.2, 0.25) is 0 Å². The fraction of sp³-hybridized carbons (Fsp3) is 0.417. The number of benzene rings is 1. The van der Waals surface area contributed by atoms with Gasteiger partial charge in [0.15, 0.2) is 6.61 Å². The molecular formula is C12H15ClN2O2. The predicted octanol–water partition coefficient (Wildman–Crippen LogP) is 1.74. The van der Waals surface area contributed by atoms with Crippen LogP contribution in [0.1, 0.15) is 12.0 Å². The summed E-state index contributed by atoms with van der Waals surface area (Å²) in [6.45, 7) is 1.75. The fourth-order valence-electron chi connectivity index (χ4n) is 1.66. The van der Waals surface area contributed by atoms with Crippen LogP contribution in [0.4, 0.5) is 5.69 Å². The van der Waals surface area contributed by atoms with Crippen molar-refractivity contribution in [2.75, 3.05) is 24.3 Å². The summed E-state index contributed by atoms with van der Waals surface area (Å²) in [7, 11) is 0. The average molecular weight is 255 g/mol. The van der Waals surface area contributed by atoms with E-state index >= 15 is 0 Å². The first-order chi connectivity index (χ1) is 8.29. The van der Waals surface area contributed by atoms with Crippen LogP contribution >= 0.6 is 11.6 Å². The number of ether oxygens (including phenoxy) is 1. The zero-order chi connectivity index (χ0) is 12.1. The minimum absolute atomic E-state index is 0.0975. The molecule has 1 aromatic carbocycles. The van der Waals surface area contributed by atoms with Gasteiger partial charge in [0.25, 0.3) is 5.91 Å². The third-order valence-corrected chi connectivity index (χ3v) is 2.76. The van der Waals surface area contributed by atoms with Crippen molar-refractivity contribution in [1.29, 1.82) is 0 Å². The molecule has 1 amide bonds. The fourth-order valence-corrected chi connectivity index (χ4v) is 1.80. The molecule has 0 spiro atoms. The highest BCUT2D eigenvalue weighted by Crippen LogP contribution is 2.28. The van der Waals surface area contributed by atoms with Gasteiger partial charge >= 0.3 is 0 Å². The van der Waals surface area contributed by atoms with Gasteiger partial charge in [0, 0.05) is 12.4 Å². The van der Waals surface area contributed by atoms with E-state index in [9.17, 15) is 4.79 Å².